The van der Waals surface area contributed by atoms with Crippen molar-refractivity contribution in [3.05, 3.63) is 164 Å². The van der Waals surface area contributed by atoms with Crippen LogP contribution in [0.2, 0.25) is 0 Å². The third kappa shape index (κ3) is 4.01. The van der Waals surface area contributed by atoms with E-state index >= 15 is 0 Å². The van der Waals surface area contributed by atoms with E-state index in [1.807, 2.05) is 60.7 Å². The molecule has 0 amide bonds. The Hall–Kier alpha value is -6.59. The van der Waals surface area contributed by atoms with E-state index in [9.17, 15) is 0 Å². The van der Waals surface area contributed by atoms with Crippen molar-refractivity contribution in [1.82, 2.24) is 24.1 Å². The summed E-state index contributed by atoms with van der Waals surface area (Å²) in [5.41, 5.74) is 7.46. The molecule has 0 saturated carbocycles. The van der Waals surface area contributed by atoms with Crippen molar-refractivity contribution in [2.75, 3.05) is 0 Å². The lowest BCUT2D eigenvalue weighted by Crippen LogP contribution is -2.06. The first-order chi connectivity index (χ1) is 23.8. The van der Waals surface area contributed by atoms with Crippen LogP contribution in [0, 0.1) is 0 Å². The van der Waals surface area contributed by atoms with E-state index in [4.69, 9.17) is 15.0 Å². The lowest BCUT2D eigenvalue weighted by atomic mass is 10.1. The molecule has 224 valence electrons. The fourth-order valence-electron chi connectivity index (χ4n) is 7.23. The summed E-state index contributed by atoms with van der Waals surface area (Å²) < 4.78 is 4.60. The SMILES string of the molecule is c1ccc(-c2nc(-c3ccccc3)nc(-n3c4ccccc4c4c5c6ccccc6n(-c6ccc7ccccc7c6)c5ccc43)n2)cc1. The number of benzene rings is 7. The summed E-state index contributed by atoms with van der Waals surface area (Å²) in [6, 6.07) is 57.3. The molecular formula is C43H27N5. The third-order valence-corrected chi connectivity index (χ3v) is 9.35. The minimum Gasteiger partial charge on any atom is -0.309 e. The molecule has 0 N–H and O–H groups in total. The van der Waals surface area contributed by atoms with Gasteiger partial charge in [-0.2, -0.15) is 9.97 Å². The fraction of sp³-hybridized carbons (Fsp3) is 0. The van der Waals surface area contributed by atoms with Crippen LogP contribution in [0.5, 0.6) is 0 Å². The molecule has 10 rings (SSSR count). The van der Waals surface area contributed by atoms with Crippen LogP contribution >= 0.6 is 0 Å². The minimum atomic E-state index is 0.589. The van der Waals surface area contributed by atoms with Crippen molar-refractivity contribution >= 4 is 54.4 Å². The number of rotatable bonds is 4. The molecule has 7 aromatic carbocycles. The van der Waals surface area contributed by atoms with Crippen LogP contribution in [0.4, 0.5) is 0 Å². The molecule has 0 saturated heterocycles. The van der Waals surface area contributed by atoms with Crippen LogP contribution < -0.4 is 0 Å². The zero-order valence-electron chi connectivity index (χ0n) is 25.8. The summed E-state index contributed by atoms with van der Waals surface area (Å²) in [5, 5.41) is 7.21. The Labute approximate surface area is 276 Å². The van der Waals surface area contributed by atoms with E-state index in [2.05, 4.69) is 112 Å². The molecule has 0 atom stereocenters. The highest BCUT2D eigenvalue weighted by Crippen LogP contribution is 2.42. The number of hydrogen-bond acceptors (Lipinski definition) is 3. The second-order valence-corrected chi connectivity index (χ2v) is 12.1. The van der Waals surface area contributed by atoms with Gasteiger partial charge < -0.3 is 4.57 Å². The Balaban J connectivity index is 1.31. The fourth-order valence-corrected chi connectivity index (χ4v) is 7.23. The predicted molar refractivity (Wildman–Crippen MR) is 197 cm³/mol. The Morgan fingerprint density at radius 2 is 0.854 bits per heavy atom. The standard InChI is InChI=1S/C43H27N5/c1-3-14-29(15-4-1)41-44-42(30-16-5-2-6-17-30)46-43(45-41)48-36-22-12-10-20-34(36)40-38(48)26-25-37-39(40)33-19-9-11-21-35(33)47(37)32-24-23-28-13-7-8-18-31(28)27-32/h1-27H. The van der Waals surface area contributed by atoms with Crippen molar-refractivity contribution in [2.45, 2.75) is 0 Å². The first-order valence-corrected chi connectivity index (χ1v) is 16.1. The largest absolute Gasteiger partial charge is 0.309 e. The highest BCUT2D eigenvalue weighted by atomic mass is 15.2. The van der Waals surface area contributed by atoms with Gasteiger partial charge in [-0.3, -0.25) is 4.57 Å². The number of fused-ring (bicyclic) bond motifs is 8. The zero-order valence-corrected chi connectivity index (χ0v) is 25.8. The molecule has 10 aromatic rings. The first-order valence-electron chi connectivity index (χ1n) is 16.1. The Kier molecular flexibility index (Phi) is 5.81. The predicted octanol–water partition coefficient (Wildman–Crippen LogP) is 10.6. The van der Waals surface area contributed by atoms with Crippen LogP contribution in [-0.4, -0.2) is 24.1 Å². The van der Waals surface area contributed by atoms with Gasteiger partial charge in [0.25, 0.3) is 0 Å². The van der Waals surface area contributed by atoms with Crippen molar-refractivity contribution in [1.29, 1.82) is 0 Å². The summed E-state index contributed by atoms with van der Waals surface area (Å²) in [6.07, 6.45) is 0. The van der Waals surface area contributed by atoms with E-state index in [0.29, 0.717) is 17.6 Å². The van der Waals surface area contributed by atoms with Gasteiger partial charge in [0.05, 0.1) is 22.1 Å². The highest BCUT2D eigenvalue weighted by Gasteiger charge is 2.22. The van der Waals surface area contributed by atoms with Gasteiger partial charge >= 0.3 is 0 Å². The van der Waals surface area contributed by atoms with Crippen molar-refractivity contribution in [3.8, 4) is 34.4 Å². The molecule has 0 aliphatic heterocycles. The Morgan fingerprint density at radius 1 is 0.354 bits per heavy atom. The van der Waals surface area contributed by atoms with Gasteiger partial charge in [0, 0.05) is 38.4 Å². The Bertz CT molecular complexity index is 2770. The lowest BCUT2D eigenvalue weighted by molar-refractivity contribution is 0.953. The van der Waals surface area contributed by atoms with Crippen LogP contribution in [-0.2, 0) is 0 Å². The van der Waals surface area contributed by atoms with Crippen LogP contribution in [0.3, 0.4) is 0 Å². The first kappa shape index (κ1) is 26.6. The molecule has 3 heterocycles. The number of aromatic nitrogens is 5. The van der Waals surface area contributed by atoms with Gasteiger partial charge in [-0.1, -0.05) is 127 Å². The molecule has 0 bridgehead atoms. The molecule has 3 aromatic heterocycles. The minimum absolute atomic E-state index is 0.589. The molecule has 0 fully saturated rings. The maximum atomic E-state index is 5.13. The van der Waals surface area contributed by atoms with Crippen molar-refractivity contribution in [3.63, 3.8) is 0 Å². The molecule has 0 aliphatic carbocycles. The van der Waals surface area contributed by atoms with E-state index in [-0.39, 0.29) is 0 Å². The number of para-hydroxylation sites is 2. The summed E-state index contributed by atoms with van der Waals surface area (Å²) in [5.74, 6) is 1.87. The van der Waals surface area contributed by atoms with Gasteiger partial charge in [0.15, 0.2) is 11.6 Å². The van der Waals surface area contributed by atoms with Crippen LogP contribution in [0.1, 0.15) is 0 Å². The molecule has 5 heteroatoms. The third-order valence-electron chi connectivity index (χ3n) is 9.35. The number of nitrogens with zero attached hydrogens (tertiary/aromatic N) is 5. The topological polar surface area (TPSA) is 48.5 Å². The quantitative estimate of drug-likeness (QED) is 0.198. The van der Waals surface area contributed by atoms with E-state index < -0.39 is 0 Å². The smallest absolute Gasteiger partial charge is 0.238 e. The lowest BCUT2D eigenvalue weighted by Gasteiger charge is -2.11. The Morgan fingerprint density at radius 3 is 1.48 bits per heavy atom. The molecule has 0 aliphatic rings. The summed E-state index contributed by atoms with van der Waals surface area (Å²) >= 11 is 0. The summed E-state index contributed by atoms with van der Waals surface area (Å²) in [7, 11) is 0. The van der Waals surface area contributed by atoms with Gasteiger partial charge in [0.1, 0.15) is 0 Å². The van der Waals surface area contributed by atoms with E-state index in [1.165, 1.54) is 32.4 Å². The number of hydrogen-bond donors (Lipinski definition) is 0. The molecule has 0 spiro atoms. The van der Waals surface area contributed by atoms with Gasteiger partial charge in [-0.15, -0.1) is 0 Å². The molecule has 48 heavy (non-hydrogen) atoms. The van der Waals surface area contributed by atoms with Crippen molar-refractivity contribution < 1.29 is 0 Å². The van der Waals surface area contributed by atoms with Gasteiger partial charge in [-0.05, 0) is 47.2 Å². The average molecular weight is 614 g/mol. The van der Waals surface area contributed by atoms with Crippen LogP contribution in [0.15, 0.2) is 164 Å². The zero-order chi connectivity index (χ0) is 31.6. The molecule has 0 radical (unpaired) electrons. The molecule has 5 nitrogen and oxygen atoms in total. The maximum Gasteiger partial charge on any atom is 0.238 e. The van der Waals surface area contributed by atoms with Gasteiger partial charge in [0.2, 0.25) is 5.95 Å². The van der Waals surface area contributed by atoms with Crippen molar-refractivity contribution in [2.24, 2.45) is 0 Å². The molecular weight excluding hydrogens is 587 g/mol. The monoisotopic (exact) mass is 613 g/mol. The maximum absolute atomic E-state index is 5.13. The van der Waals surface area contributed by atoms with Gasteiger partial charge in [-0.25, -0.2) is 4.98 Å². The average Bonchev–Trinajstić information content (AvgIpc) is 3.68. The molecule has 0 unspecified atom stereocenters. The normalized spacial score (nSPS) is 11.8. The second kappa shape index (κ2) is 10.5. The summed E-state index contributed by atoms with van der Waals surface area (Å²) in [6.45, 7) is 0. The van der Waals surface area contributed by atoms with Crippen LogP contribution in [0.25, 0.3) is 88.8 Å². The highest BCUT2D eigenvalue weighted by molar-refractivity contribution is 6.28. The van der Waals surface area contributed by atoms with E-state index in [0.717, 1.165) is 38.8 Å². The van der Waals surface area contributed by atoms with E-state index in [1.54, 1.807) is 0 Å². The second-order valence-electron chi connectivity index (χ2n) is 12.1. The summed E-state index contributed by atoms with van der Waals surface area (Å²) in [4.78, 5) is 15.2.